The fourth-order valence-electron chi connectivity index (χ4n) is 1.12. The fourth-order valence-corrected chi connectivity index (χ4v) is 1.12. The summed E-state index contributed by atoms with van der Waals surface area (Å²) in [5, 5.41) is 36.1. The maximum absolute atomic E-state index is 9.20. The van der Waals surface area contributed by atoms with Gasteiger partial charge in [0, 0.05) is 0 Å². The molecule has 0 radical (unpaired) electrons. The van der Waals surface area contributed by atoms with E-state index in [9.17, 15) is 10.2 Å². The van der Waals surface area contributed by atoms with Crippen LogP contribution in [0.5, 0.6) is 0 Å². The van der Waals surface area contributed by atoms with E-state index in [0.29, 0.717) is 0 Å². The Morgan fingerprint density at radius 2 is 1.69 bits per heavy atom. The zero-order chi connectivity index (χ0) is 9.30. The largest absolute Gasteiger partial charge is 1.00 e. The Bertz CT molecular complexity index is 155. The maximum atomic E-state index is 9.20. The molecule has 1 aliphatic heterocycles. The lowest BCUT2D eigenvalue weighted by Gasteiger charge is -2.38. The normalized spacial score (nSPS) is 45.5. The van der Waals surface area contributed by atoms with E-state index in [0.717, 1.165) is 0 Å². The molecule has 13 heavy (non-hydrogen) atoms. The number of rotatable bonds is 1. The van der Waals surface area contributed by atoms with Gasteiger partial charge in [0.25, 0.3) is 0 Å². The second-order valence-corrected chi connectivity index (χ2v) is 2.81. The van der Waals surface area contributed by atoms with Gasteiger partial charge < -0.3 is 43.3 Å². The first kappa shape index (κ1) is 13.1. The average Bonchev–Trinajstić information content (AvgIpc) is 2.08. The van der Waals surface area contributed by atoms with Crippen molar-refractivity contribution in [1.82, 2.24) is 0 Å². The summed E-state index contributed by atoms with van der Waals surface area (Å²) in [7, 11) is 0. The molecule has 0 aliphatic carbocycles. The minimum Gasteiger partial charge on any atom is -1.00 e. The van der Waals surface area contributed by atoms with Gasteiger partial charge in [-0.2, -0.15) is 0 Å². The standard InChI is InChI=1S/C6H13NO5.ClH/c7-3-5(10)4(9)2(1-8)12-6(3)11;/h2-6,8-11H,1,7H2;1H/p-1/t2-,3-,4+,5-,6?;/m1./s1. The smallest absolute Gasteiger partial charge is 0.173 e. The highest BCUT2D eigenvalue weighted by Crippen LogP contribution is 2.17. The molecule has 1 unspecified atom stereocenters. The van der Waals surface area contributed by atoms with Crippen LogP contribution in [0.2, 0.25) is 0 Å². The topological polar surface area (TPSA) is 116 Å². The van der Waals surface area contributed by atoms with Crippen LogP contribution >= 0.6 is 0 Å². The zero-order valence-corrected chi connectivity index (χ0v) is 7.50. The molecule has 80 valence electrons. The molecular weight excluding hydrogens is 202 g/mol. The highest BCUT2D eigenvalue weighted by Gasteiger charge is 2.41. The third kappa shape index (κ3) is 2.50. The third-order valence-electron chi connectivity index (χ3n) is 1.95. The number of ether oxygens (including phenoxy) is 1. The van der Waals surface area contributed by atoms with Crippen LogP contribution in [0.15, 0.2) is 0 Å². The van der Waals surface area contributed by atoms with E-state index in [-0.39, 0.29) is 12.4 Å². The minimum atomic E-state index is -1.35. The number of hydrogen-bond acceptors (Lipinski definition) is 6. The van der Waals surface area contributed by atoms with Crippen LogP contribution in [0, 0.1) is 0 Å². The van der Waals surface area contributed by atoms with Gasteiger partial charge in [-0.1, -0.05) is 0 Å². The lowest BCUT2D eigenvalue weighted by atomic mass is 9.98. The van der Waals surface area contributed by atoms with Crippen molar-refractivity contribution >= 4 is 0 Å². The van der Waals surface area contributed by atoms with Crippen LogP contribution < -0.4 is 18.1 Å². The summed E-state index contributed by atoms with van der Waals surface area (Å²) >= 11 is 0. The van der Waals surface area contributed by atoms with E-state index in [1.165, 1.54) is 0 Å². The quantitative estimate of drug-likeness (QED) is 0.297. The van der Waals surface area contributed by atoms with Crippen LogP contribution in [0.1, 0.15) is 0 Å². The summed E-state index contributed by atoms with van der Waals surface area (Å²) in [6.07, 6.45) is -4.85. The highest BCUT2D eigenvalue weighted by atomic mass is 35.5. The molecule has 0 aromatic carbocycles. The van der Waals surface area contributed by atoms with Crippen molar-refractivity contribution in [3.8, 4) is 0 Å². The predicted molar refractivity (Wildman–Crippen MR) is 38.0 cm³/mol. The van der Waals surface area contributed by atoms with Gasteiger partial charge in [-0.05, 0) is 0 Å². The van der Waals surface area contributed by atoms with Crippen molar-refractivity contribution in [3.05, 3.63) is 0 Å². The highest BCUT2D eigenvalue weighted by molar-refractivity contribution is 4.90. The molecule has 0 bridgehead atoms. The molecule has 0 saturated carbocycles. The van der Waals surface area contributed by atoms with Gasteiger partial charge in [0.1, 0.15) is 18.3 Å². The Balaban J connectivity index is 0.00000144. The monoisotopic (exact) mass is 214 g/mol. The molecule has 0 aromatic heterocycles. The van der Waals surface area contributed by atoms with Crippen molar-refractivity contribution in [2.45, 2.75) is 30.6 Å². The molecular formula is C6H13ClNO5-. The molecule has 0 aromatic rings. The number of aliphatic hydroxyl groups is 4. The first-order chi connectivity index (χ1) is 5.57. The summed E-state index contributed by atoms with van der Waals surface area (Å²) < 4.78 is 4.70. The van der Waals surface area contributed by atoms with E-state index in [1.807, 2.05) is 0 Å². The SMILES string of the molecule is N[C@H]1C(O)O[C@H](CO)[C@H](O)[C@@H]1O.[Cl-]. The molecule has 1 aliphatic rings. The molecule has 1 heterocycles. The van der Waals surface area contributed by atoms with Gasteiger partial charge in [0.2, 0.25) is 0 Å². The van der Waals surface area contributed by atoms with Crippen molar-refractivity contribution in [2.75, 3.05) is 6.61 Å². The fraction of sp³-hybridized carbons (Fsp3) is 1.00. The van der Waals surface area contributed by atoms with Crippen molar-refractivity contribution < 1.29 is 37.6 Å². The molecule has 1 fully saturated rings. The van der Waals surface area contributed by atoms with Crippen LogP contribution in [-0.2, 0) is 4.74 Å². The Hall–Kier alpha value is 0.0500. The average molecular weight is 215 g/mol. The molecule has 1 saturated heterocycles. The van der Waals surface area contributed by atoms with Gasteiger partial charge in [-0.25, -0.2) is 0 Å². The summed E-state index contributed by atoms with van der Waals surface area (Å²) in [4.78, 5) is 0. The molecule has 7 heteroatoms. The van der Waals surface area contributed by atoms with Gasteiger partial charge in [0.05, 0.1) is 12.6 Å². The summed E-state index contributed by atoms with van der Waals surface area (Å²) in [5.74, 6) is 0. The van der Waals surface area contributed by atoms with E-state index in [1.54, 1.807) is 0 Å². The minimum absolute atomic E-state index is 0. The summed E-state index contributed by atoms with van der Waals surface area (Å²) in [5.41, 5.74) is 5.26. The van der Waals surface area contributed by atoms with E-state index >= 15 is 0 Å². The number of nitrogens with two attached hydrogens (primary N) is 1. The predicted octanol–water partition coefficient (Wildman–Crippen LogP) is -6.25. The molecule has 6 N–H and O–H groups in total. The Labute approximate surface area is 81.3 Å². The Kier molecular flexibility index (Phi) is 5.08. The van der Waals surface area contributed by atoms with Crippen molar-refractivity contribution in [3.63, 3.8) is 0 Å². The second-order valence-electron chi connectivity index (χ2n) is 2.81. The van der Waals surface area contributed by atoms with Crippen molar-refractivity contribution in [2.24, 2.45) is 5.73 Å². The molecule has 0 amide bonds. The molecule has 5 atom stereocenters. The zero-order valence-electron chi connectivity index (χ0n) is 6.75. The van der Waals surface area contributed by atoms with E-state index in [4.69, 9.17) is 20.7 Å². The lowest BCUT2D eigenvalue weighted by molar-refractivity contribution is -0.248. The Morgan fingerprint density at radius 3 is 2.15 bits per heavy atom. The van der Waals surface area contributed by atoms with Crippen LogP contribution in [0.25, 0.3) is 0 Å². The van der Waals surface area contributed by atoms with Gasteiger partial charge in [-0.3, -0.25) is 0 Å². The van der Waals surface area contributed by atoms with Crippen molar-refractivity contribution in [1.29, 1.82) is 0 Å². The molecule has 6 nitrogen and oxygen atoms in total. The summed E-state index contributed by atoms with van der Waals surface area (Å²) in [6, 6.07) is -1.04. The third-order valence-corrected chi connectivity index (χ3v) is 1.95. The number of halogens is 1. The first-order valence-electron chi connectivity index (χ1n) is 3.64. The molecule has 0 spiro atoms. The van der Waals surface area contributed by atoms with Crippen LogP contribution in [-0.4, -0.2) is 57.7 Å². The molecule has 1 rings (SSSR count). The maximum Gasteiger partial charge on any atom is 0.173 e. The summed E-state index contributed by atoms with van der Waals surface area (Å²) in [6.45, 7) is -0.470. The van der Waals surface area contributed by atoms with Crippen LogP contribution in [0.4, 0.5) is 0 Å². The number of hydrogen-bond donors (Lipinski definition) is 5. The lowest BCUT2D eigenvalue weighted by Crippen LogP contribution is -3.00. The first-order valence-corrected chi connectivity index (χ1v) is 3.64. The van der Waals surface area contributed by atoms with Crippen LogP contribution in [0.3, 0.4) is 0 Å². The van der Waals surface area contributed by atoms with Gasteiger partial charge in [-0.15, -0.1) is 0 Å². The van der Waals surface area contributed by atoms with E-state index < -0.39 is 37.3 Å². The number of aliphatic hydroxyl groups excluding tert-OH is 4. The Morgan fingerprint density at radius 1 is 1.15 bits per heavy atom. The second kappa shape index (κ2) is 5.06. The van der Waals surface area contributed by atoms with Gasteiger partial charge >= 0.3 is 0 Å². The van der Waals surface area contributed by atoms with Gasteiger partial charge in [0.15, 0.2) is 6.29 Å². The van der Waals surface area contributed by atoms with E-state index in [2.05, 4.69) is 0 Å².